The van der Waals surface area contributed by atoms with Crippen molar-refractivity contribution in [2.45, 2.75) is 64.2 Å². The van der Waals surface area contributed by atoms with Gasteiger partial charge < -0.3 is 5.11 Å². The molecule has 0 heterocycles. The zero-order valence-corrected chi connectivity index (χ0v) is 11.2. The van der Waals surface area contributed by atoms with Crippen LogP contribution in [0.5, 0.6) is 0 Å². The minimum atomic E-state index is -0.0600. The highest BCUT2D eigenvalue weighted by Crippen LogP contribution is 2.33. The molecule has 1 rings (SSSR count). The Morgan fingerprint density at radius 1 is 1.20 bits per heavy atom. The molecule has 1 saturated carbocycles. The summed E-state index contributed by atoms with van der Waals surface area (Å²) in [6.45, 7) is 6.69. The van der Waals surface area contributed by atoms with Crippen LogP contribution in [-0.2, 0) is 0 Å². The van der Waals surface area contributed by atoms with E-state index in [9.17, 15) is 5.11 Å². The average Bonchev–Trinajstić information content (AvgIpc) is 2.26. The molecule has 0 amide bonds. The molecule has 90 valence electrons. The van der Waals surface area contributed by atoms with Crippen molar-refractivity contribution in [3.63, 3.8) is 0 Å². The van der Waals surface area contributed by atoms with Gasteiger partial charge in [-0.2, -0.15) is 11.8 Å². The van der Waals surface area contributed by atoms with Gasteiger partial charge in [-0.25, -0.2) is 0 Å². The molecule has 1 aliphatic carbocycles. The van der Waals surface area contributed by atoms with E-state index in [1.807, 2.05) is 11.8 Å². The monoisotopic (exact) mass is 230 g/mol. The Morgan fingerprint density at radius 3 is 2.27 bits per heavy atom. The number of thioether (sulfide) groups is 1. The van der Waals surface area contributed by atoms with Crippen molar-refractivity contribution >= 4 is 11.8 Å². The van der Waals surface area contributed by atoms with Crippen LogP contribution >= 0.6 is 11.8 Å². The lowest BCUT2D eigenvalue weighted by Gasteiger charge is -2.31. The van der Waals surface area contributed by atoms with E-state index in [2.05, 4.69) is 20.8 Å². The van der Waals surface area contributed by atoms with Crippen molar-refractivity contribution in [2.75, 3.05) is 5.75 Å². The number of rotatable bonds is 5. The molecule has 1 aliphatic rings. The van der Waals surface area contributed by atoms with Gasteiger partial charge in [-0.3, -0.25) is 0 Å². The SMILES string of the molecule is CCC1CCC(C(O)CSC(C)C)CC1. The van der Waals surface area contributed by atoms with Crippen LogP contribution in [0, 0.1) is 11.8 Å². The van der Waals surface area contributed by atoms with Crippen LogP contribution in [0.2, 0.25) is 0 Å². The van der Waals surface area contributed by atoms with Crippen LogP contribution in [0.15, 0.2) is 0 Å². The largest absolute Gasteiger partial charge is 0.392 e. The molecule has 0 aromatic rings. The van der Waals surface area contributed by atoms with Crippen molar-refractivity contribution in [3.8, 4) is 0 Å². The van der Waals surface area contributed by atoms with Crippen molar-refractivity contribution in [3.05, 3.63) is 0 Å². The molecule has 0 bridgehead atoms. The molecule has 1 fully saturated rings. The molecule has 1 N–H and O–H groups in total. The molecule has 1 nitrogen and oxygen atoms in total. The van der Waals surface area contributed by atoms with E-state index in [0.29, 0.717) is 11.2 Å². The van der Waals surface area contributed by atoms with E-state index in [4.69, 9.17) is 0 Å². The molecule has 1 atom stereocenters. The summed E-state index contributed by atoms with van der Waals surface area (Å²) in [5.41, 5.74) is 0. The first-order valence-corrected chi connectivity index (χ1v) is 7.48. The fourth-order valence-corrected chi connectivity index (χ4v) is 3.26. The average molecular weight is 230 g/mol. The van der Waals surface area contributed by atoms with Gasteiger partial charge in [0.2, 0.25) is 0 Å². The standard InChI is InChI=1S/C13H26OS/c1-4-11-5-7-12(8-6-11)13(14)9-15-10(2)3/h10-14H,4-9H2,1-3H3. The summed E-state index contributed by atoms with van der Waals surface area (Å²) in [6.07, 6.45) is 6.44. The Bertz CT molecular complexity index is 162. The lowest BCUT2D eigenvalue weighted by Crippen LogP contribution is -2.27. The third kappa shape index (κ3) is 4.78. The van der Waals surface area contributed by atoms with Crippen molar-refractivity contribution < 1.29 is 5.11 Å². The smallest absolute Gasteiger partial charge is 0.0658 e. The van der Waals surface area contributed by atoms with Crippen LogP contribution in [-0.4, -0.2) is 22.2 Å². The van der Waals surface area contributed by atoms with E-state index >= 15 is 0 Å². The van der Waals surface area contributed by atoms with Gasteiger partial charge in [-0.1, -0.05) is 40.0 Å². The van der Waals surface area contributed by atoms with Crippen LogP contribution in [0.3, 0.4) is 0 Å². The first kappa shape index (κ1) is 13.4. The molecule has 15 heavy (non-hydrogen) atoms. The summed E-state index contributed by atoms with van der Waals surface area (Å²) in [5.74, 6) is 2.45. The van der Waals surface area contributed by atoms with Crippen LogP contribution in [0.4, 0.5) is 0 Å². The van der Waals surface area contributed by atoms with Crippen LogP contribution < -0.4 is 0 Å². The van der Waals surface area contributed by atoms with E-state index in [-0.39, 0.29) is 6.10 Å². The predicted molar refractivity (Wildman–Crippen MR) is 69.3 cm³/mol. The van der Waals surface area contributed by atoms with Crippen molar-refractivity contribution in [1.82, 2.24) is 0 Å². The minimum Gasteiger partial charge on any atom is -0.392 e. The molecule has 0 aromatic heterocycles. The normalized spacial score (nSPS) is 29.4. The van der Waals surface area contributed by atoms with Crippen molar-refractivity contribution in [1.29, 1.82) is 0 Å². The first-order chi connectivity index (χ1) is 7.13. The van der Waals surface area contributed by atoms with Gasteiger partial charge in [-0.15, -0.1) is 0 Å². The third-order valence-electron chi connectivity index (χ3n) is 3.61. The fourth-order valence-electron chi connectivity index (χ4n) is 2.41. The Morgan fingerprint density at radius 2 is 1.80 bits per heavy atom. The predicted octanol–water partition coefficient (Wildman–Crippen LogP) is 3.71. The first-order valence-electron chi connectivity index (χ1n) is 6.43. The molecule has 0 saturated heterocycles. The second kappa shape index (κ2) is 6.80. The van der Waals surface area contributed by atoms with E-state index in [1.54, 1.807) is 0 Å². The number of hydrogen-bond acceptors (Lipinski definition) is 2. The zero-order chi connectivity index (χ0) is 11.3. The van der Waals surface area contributed by atoms with Gasteiger partial charge in [0, 0.05) is 5.75 Å². The lowest BCUT2D eigenvalue weighted by atomic mass is 9.79. The maximum absolute atomic E-state index is 10.1. The van der Waals surface area contributed by atoms with E-state index < -0.39 is 0 Å². The summed E-state index contributed by atoms with van der Waals surface area (Å²) < 4.78 is 0. The summed E-state index contributed by atoms with van der Waals surface area (Å²) in [5, 5.41) is 10.7. The second-order valence-corrected chi connectivity index (χ2v) is 6.75. The molecular formula is C13H26OS. The minimum absolute atomic E-state index is 0.0600. The van der Waals surface area contributed by atoms with E-state index in [0.717, 1.165) is 11.7 Å². The Hall–Kier alpha value is 0.310. The molecule has 2 heteroatoms. The number of hydrogen-bond donors (Lipinski definition) is 1. The quantitative estimate of drug-likeness (QED) is 0.777. The van der Waals surface area contributed by atoms with Crippen molar-refractivity contribution in [2.24, 2.45) is 11.8 Å². The maximum Gasteiger partial charge on any atom is 0.0658 e. The second-order valence-electron chi connectivity index (χ2n) is 5.14. The molecule has 0 spiro atoms. The highest BCUT2D eigenvalue weighted by molar-refractivity contribution is 7.99. The molecule has 0 radical (unpaired) electrons. The van der Waals surface area contributed by atoms with Gasteiger partial charge in [0.1, 0.15) is 0 Å². The lowest BCUT2D eigenvalue weighted by molar-refractivity contribution is 0.0915. The highest BCUT2D eigenvalue weighted by Gasteiger charge is 2.25. The molecule has 0 aromatic carbocycles. The molecule has 1 unspecified atom stereocenters. The molecule has 0 aliphatic heterocycles. The van der Waals surface area contributed by atoms with Gasteiger partial charge in [0.25, 0.3) is 0 Å². The molecular weight excluding hydrogens is 204 g/mol. The third-order valence-corrected chi connectivity index (χ3v) is 4.81. The Kier molecular flexibility index (Phi) is 6.06. The zero-order valence-electron chi connectivity index (χ0n) is 10.4. The van der Waals surface area contributed by atoms with Gasteiger partial charge >= 0.3 is 0 Å². The van der Waals surface area contributed by atoms with E-state index in [1.165, 1.54) is 32.1 Å². The topological polar surface area (TPSA) is 20.2 Å². The summed E-state index contributed by atoms with van der Waals surface area (Å²) >= 11 is 1.89. The number of aliphatic hydroxyl groups excluding tert-OH is 1. The maximum atomic E-state index is 10.1. The van der Waals surface area contributed by atoms with Gasteiger partial charge in [0.15, 0.2) is 0 Å². The van der Waals surface area contributed by atoms with Crippen LogP contribution in [0.1, 0.15) is 52.9 Å². The summed E-state index contributed by atoms with van der Waals surface area (Å²) in [7, 11) is 0. The van der Waals surface area contributed by atoms with Gasteiger partial charge in [0.05, 0.1) is 6.10 Å². The fraction of sp³-hybridized carbons (Fsp3) is 1.00. The summed E-state index contributed by atoms with van der Waals surface area (Å²) in [4.78, 5) is 0. The highest BCUT2D eigenvalue weighted by atomic mass is 32.2. The van der Waals surface area contributed by atoms with Gasteiger partial charge in [-0.05, 0) is 29.9 Å². The number of aliphatic hydroxyl groups is 1. The van der Waals surface area contributed by atoms with Crippen LogP contribution in [0.25, 0.3) is 0 Å². The summed E-state index contributed by atoms with van der Waals surface area (Å²) in [6, 6.07) is 0. The Labute approximate surface area is 99.0 Å². The Balaban J connectivity index is 2.20.